The highest BCUT2D eigenvalue weighted by Crippen LogP contribution is 2.23. The van der Waals surface area contributed by atoms with Crippen LogP contribution in [-0.2, 0) is 17.8 Å². The number of hydrogen-bond donors (Lipinski definition) is 2. The molecule has 1 aliphatic rings. The second-order valence-electron chi connectivity index (χ2n) is 6.61. The number of ether oxygens (including phenoxy) is 1. The fraction of sp³-hybridized carbons (Fsp3) is 0.333. The zero-order chi connectivity index (χ0) is 19.2. The first-order valence-electron chi connectivity index (χ1n) is 9.19. The predicted molar refractivity (Wildman–Crippen MR) is 105 cm³/mol. The van der Waals surface area contributed by atoms with Crippen LogP contribution in [0.4, 0.5) is 10.5 Å². The molecule has 0 aliphatic carbocycles. The van der Waals surface area contributed by atoms with E-state index < -0.39 is 0 Å². The lowest BCUT2D eigenvalue weighted by atomic mass is 10.1. The first-order valence-corrected chi connectivity index (χ1v) is 9.19. The topological polar surface area (TPSA) is 70.7 Å². The van der Waals surface area contributed by atoms with Gasteiger partial charge in [0.25, 0.3) is 5.91 Å². The third kappa shape index (κ3) is 4.86. The molecule has 6 heteroatoms. The molecule has 0 bridgehead atoms. The minimum Gasteiger partial charge on any atom is -0.377 e. The zero-order valence-corrected chi connectivity index (χ0v) is 15.7. The highest BCUT2D eigenvalue weighted by atomic mass is 16.5. The van der Waals surface area contributed by atoms with Gasteiger partial charge in [0.15, 0.2) is 0 Å². The highest BCUT2D eigenvalue weighted by Gasteiger charge is 2.22. The second-order valence-corrected chi connectivity index (χ2v) is 6.61. The predicted octanol–water partition coefficient (Wildman–Crippen LogP) is 3.39. The number of nitrogens with zero attached hydrogens (tertiary/aromatic N) is 1. The summed E-state index contributed by atoms with van der Waals surface area (Å²) in [7, 11) is 0. The lowest BCUT2D eigenvalue weighted by Gasteiger charge is -2.16. The van der Waals surface area contributed by atoms with Crippen molar-refractivity contribution in [3.63, 3.8) is 0 Å². The Hall–Kier alpha value is -2.86. The summed E-state index contributed by atoms with van der Waals surface area (Å²) in [6, 6.07) is 14.8. The van der Waals surface area contributed by atoms with Crippen molar-refractivity contribution < 1.29 is 14.3 Å². The quantitative estimate of drug-likeness (QED) is 0.822. The van der Waals surface area contributed by atoms with Gasteiger partial charge in [-0.1, -0.05) is 24.3 Å². The number of carbonyl (C=O) groups is 2. The molecular weight excluding hydrogens is 342 g/mol. The summed E-state index contributed by atoms with van der Waals surface area (Å²) in [6.07, 6.45) is -0.0258. The van der Waals surface area contributed by atoms with Gasteiger partial charge in [-0.15, -0.1) is 0 Å². The molecule has 0 radical (unpaired) electrons. The zero-order valence-electron chi connectivity index (χ0n) is 15.7. The molecule has 142 valence electrons. The maximum Gasteiger partial charge on any atom is 0.322 e. The summed E-state index contributed by atoms with van der Waals surface area (Å²) in [4.78, 5) is 26.4. The van der Waals surface area contributed by atoms with Crippen molar-refractivity contribution >= 4 is 17.6 Å². The minimum absolute atomic E-state index is 0.0258. The molecule has 1 aliphatic heterocycles. The number of anilines is 1. The van der Waals surface area contributed by atoms with Crippen LogP contribution in [0.15, 0.2) is 48.5 Å². The van der Waals surface area contributed by atoms with Crippen molar-refractivity contribution in [1.29, 1.82) is 0 Å². The lowest BCUT2D eigenvalue weighted by Crippen LogP contribution is -2.32. The van der Waals surface area contributed by atoms with Gasteiger partial charge in [0.1, 0.15) is 0 Å². The third-order valence-corrected chi connectivity index (χ3v) is 4.53. The number of amides is 3. The molecular formula is C21H25N3O3. The van der Waals surface area contributed by atoms with Crippen molar-refractivity contribution in [2.45, 2.75) is 33.0 Å². The Morgan fingerprint density at radius 1 is 1.07 bits per heavy atom. The van der Waals surface area contributed by atoms with Crippen LogP contribution in [0.25, 0.3) is 0 Å². The highest BCUT2D eigenvalue weighted by molar-refractivity contribution is 5.95. The molecule has 0 saturated carbocycles. The number of nitrogens with one attached hydrogen (secondary N) is 2. The number of urea groups is 1. The molecule has 6 nitrogen and oxygen atoms in total. The molecule has 0 aromatic heterocycles. The van der Waals surface area contributed by atoms with Gasteiger partial charge >= 0.3 is 6.03 Å². The fourth-order valence-electron chi connectivity index (χ4n) is 3.07. The van der Waals surface area contributed by atoms with E-state index in [1.54, 1.807) is 29.2 Å². The number of benzene rings is 2. The number of carbonyl (C=O) groups excluding carboxylic acids is 2. The van der Waals surface area contributed by atoms with E-state index in [0.29, 0.717) is 37.5 Å². The minimum atomic E-state index is -0.158. The number of fused-ring (bicyclic) bond motifs is 1. The van der Waals surface area contributed by atoms with Crippen LogP contribution in [0.3, 0.4) is 0 Å². The van der Waals surface area contributed by atoms with Gasteiger partial charge < -0.3 is 20.3 Å². The van der Waals surface area contributed by atoms with E-state index in [1.165, 1.54) is 11.1 Å². The second kappa shape index (κ2) is 8.68. The normalized spacial score (nSPS) is 13.8. The summed E-state index contributed by atoms with van der Waals surface area (Å²) in [5.74, 6) is -0.158. The summed E-state index contributed by atoms with van der Waals surface area (Å²) in [5, 5.41) is 5.73. The molecule has 0 spiro atoms. The van der Waals surface area contributed by atoms with Crippen LogP contribution in [-0.4, -0.2) is 36.1 Å². The van der Waals surface area contributed by atoms with E-state index in [4.69, 9.17) is 4.74 Å². The van der Waals surface area contributed by atoms with Gasteiger partial charge in [-0.25, -0.2) is 4.79 Å². The monoisotopic (exact) mass is 367 g/mol. The Morgan fingerprint density at radius 2 is 1.70 bits per heavy atom. The van der Waals surface area contributed by atoms with Gasteiger partial charge in [-0.05, 0) is 49.2 Å². The van der Waals surface area contributed by atoms with Crippen molar-refractivity contribution in [2.24, 2.45) is 0 Å². The molecule has 2 aromatic rings. The van der Waals surface area contributed by atoms with Gasteiger partial charge in [0.05, 0.1) is 6.10 Å². The summed E-state index contributed by atoms with van der Waals surface area (Å²) < 4.78 is 5.40. The van der Waals surface area contributed by atoms with Crippen LogP contribution in [0.2, 0.25) is 0 Å². The molecule has 27 heavy (non-hydrogen) atoms. The van der Waals surface area contributed by atoms with Crippen LogP contribution < -0.4 is 10.6 Å². The smallest absolute Gasteiger partial charge is 0.322 e. The van der Waals surface area contributed by atoms with Crippen molar-refractivity contribution in [2.75, 3.05) is 18.5 Å². The van der Waals surface area contributed by atoms with E-state index in [2.05, 4.69) is 10.6 Å². The molecule has 3 amide bonds. The first kappa shape index (κ1) is 18.9. The van der Waals surface area contributed by atoms with Crippen molar-refractivity contribution in [3.05, 3.63) is 65.2 Å². The standard InChI is InChI=1S/C21H25N3O3/c1-3-27-15(2)12-22-20(25)16-8-10-19(11-9-16)23-21(26)24-13-17-6-4-5-7-18(17)14-24/h4-11,15H,3,12-14H2,1-2H3,(H,22,25)(H,23,26). The van der Waals surface area contributed by atoms with Crippen LogP contribution >= 0.6 is 0 Å². The van der Waals surface area contributed by atoms with E-state index in [-0.39, 0.29) is 18.0 Å². The maximum atomic E-state index is 12.5. The van der Waals surface area contributed by atoms with Crippen molar-refractivity contribution in [3.8, 4) is 0 Å². The summed E-state index contributed by atoms with van der Waals surface area (Å²) in [5.41, 5.74) is 3.57. The maximum absolute atomic E-state index is 12.5. The molecule has 1 unspecified atom stereocenters. The summed E-state index contributed by atoms with van der Waals surface area (Å²) in [6.45, 7) is 6.14. The molecule has 0 saturated heterocycles. The lowest BCUT2D eigenvalue weighted by molar-refractivity contribution is 0.0695. The van der Waals surface area contributed by atoms with Gasteiger partial charge in [0, 0.05) is 37.5 Å². The Morgan fingerprint density at radius 3 is 2.30 bits per heavy atom. The van der Waals surface area contributed by atoms with E-state index in [9.17, 15) is 9.59 Å². The number of hydrogen-bond acceptors (Lipinski definition) is 3. The van der Waals surface area contributed by atoms with E-state index in [1.807, 2.05) is 38.1 Å². The largest absolute Gasteiger partial charge is 0.377 e. The Kier molecular flexibility index (Phi) is 6.08. The Bertz CT molecular complexity index is 780. The van der Waals surface area contributed by atoms with Gasteiger partial charge in [-0.3, -0.25) is 4.79 Å². The van der Waals surface area contributed by atoms with Crippen LogP contribution in [0, 0.1) is 0 Å². The fourth-order valence-corrected chi connectivity index (χ4v) is 3.07. The molecule has 1 heterocycles. The average Bonchev–Trinajstić information content (AvgIpc) is 3.11. The SMILES string of the molecule is CCOC(C)CNC(=O)c1ccc(NC(=O)N2Cc3ccccc3C2)cc1. The molecule has 1 atom stereocenters. The van der Waals surface area contributed by atoms with Crippen LogP contribution in [0.1, 0.15) is 35.3 Å². The van der Waals surface area contributed by atoms with E-state index >= 15 is 0 Å². The third-order valence-electron chi connectivity index (χ3n) is 4.53. The first-order chi connectivity index (χ1) is 13.1. The van der Waals surface area contributed by atoms with Crippen LogP contribution in [0.5, 0.6) is 0 Å². The molecule has 3 rings (SSSR count). The van der Waals surface area contributed by atoms with Crippen molar-refractivity contribution in [1.82, 2.24) is 10.2 Å². The van der Waals surface area contributed by atoms with Gasteiger partial charge in [0.2, 0.25) is 0 Å². The van der Waals surface area contributed by atoms with E-state index in [0.717, 1.165) is 0 Å². The Balaban J connectivity index is 1.52. The summed E-state index contributed by atoms with van der Waals surface area (Å²) >= 11 is 0. The Labute approximate surface area is 159 Å². The molecule has 2 aromatic carbocycles. The average molecular weight is 367 g/mol. The molecule has 0 fully saturated rings. The van der Waals surface area contributed by atoms with Gasteiger partial charge in [-0.2, -0.15) is 0 Å². The molecule has 2 N–H and O–H groups in total. The number of rotatable bonds is 6.